The van der Waals surface area contributed by atoms with E-state index in [9.17, 15) is 0 Å². The van der Waals surface area contributed by atoms with Gasteiger partial charge in [0.25, 0.3) is 0 Å². The molecule has 3 rings (SSSR count). The molecule has 2 heterocycles. The van der Waals surface area contributed by atoms with E-state index in [0.717, 1.165) is 25.0 Å². The van der Waals surface area contributed by atoms with Crippen molar-refractivity contribution in [1.29, 1.82) is 0 Å². The minimum Gasteiger partial charge on any atom is -0.498 e. The molecule has 1 fully saturated rings. The van der Waals surface area contributed by atoms with Gasteiger partial charge in [0, 0.05) is 24.6 Å². The summed E-state index contributed by atoms with van der Waals surface area (Å²) in [6.45, 7) is 2.07. The largest absolute Gasteiger partial charge is 0.498 e. The van der Waals surface area contributed by atoms with Crippen molar-refractivity contribution in [3.05, 3.63) is 23.6 Å². The van der Waals surface area contributed by atoms with Crippen LogP contribution in [0.1, 0.15) is 12.8 Å². The molecule has 2 nitrogen and oxygen atoms in total. The highest BCUT2D eigenvalue weighted by Gasteiger charge is 2.33. The van der Waals surface area contributed by atoms with Gasteiger partial charge in [0.1, 0.15) is 0 Å². The van der Waals surface area contributed by atoms with Gasteiger partial charge in [-0.1, -0.05) is 0 Å². The summed E-state index contributed by atoms with van der Waals surface area (Å²) >= 11 is 0. The summed E-state index contributed by atoms with van der Waals surface area (Å²) in [5.74, 6) is 2.73. The Bertz CT molecular complexity index is 267. The molecule has 1 aliphatic carbocycles. The van der Waals surface area contributed by atoms with Gasteiger partial charge in [-0.25, -0.2) is 0 Å². The summed E-state index contributed by atoms with van der Waals surface area (Å²) < 4.78 is 5.56. The second kappa shape index (κ2) is 2.28. The summed E-state index contributed by atoms with van der Waals surface area (Å²) in [6.07, 6.45) is 6.90. The summed E-state index contributed by atoms with van der Waals surface area (Å²) in [6, 6.07) is 0. The highest BCUT2D eigenvalue weighted by Crippen LogP contribution is 2.39. The molecule has 0 aromatic rings. The van der Waals surface area contributed by atoms with Crippen LogP contribution in [0.25, 0.3) is 0 Å². The maximum absolute atomic E-state index is 5.56. The molecule has 0 spiro atoms. The molecule has 2 unspecified atom stereocenters. The van der Waals surface area contributed by atoms with E-state index < -0.39 is 0 Å². The first-order valence-electron chi connectivity index (χ1n) is 4.71. The van der Waals surface area contributed by atoms with E-state index in [1.807, 2.05) is 0 Å². The molecule has 2 atom stereocenters. The first-order valence-corrected chi connectivity index (χ1v) is 4.71. The highest BCUT2D eigenvalue weighted by atomic mass is 16.5. The van der Waals surface area contributed by atoms with E-state index in [-0.39, 0.29) is 0 Å². The van der Waals surface area contributed by atoms with Crippen LogP contribution in [0.5, 0.6) is 0 Å². The van der Waals surface area contributed by atoms with Gasteiger partial charge in [-0.05, 0) is 24.5 Å². The lowest BCUT2D eigenvalue weighted by molar-refractivity contribution is 0.252. The molecule has 2 heteroatoms. The van der Waals surface area contributed by atoms with Crippen LogP contribution in [-0.4, -0.2) is 13.2 Å². The molecule has 2 aliphatic heterocycles. The van der Waals surface area contributed by atoms with E-state index >= 15 is 0 Å². The number of hydrogen-bond acceptors (Lipinski definition) is 2. The van der Waals surface area contributed by atoms with Crippen molar-refractivity contribution in [2.45, 2.75) is 12.8 Å². The third-order valence-electron chi connectivity index (χ3n) is 3.12. The summed E-state index contributed by atoms with van der Waals surface area (Å²) in [5, 5.41) is 3.29. The molecule has 0 bridgehead atoms. The van der Waals surface area contributed by atoms with Crippen molar-refractivity contribution in [3.8, 4) is 0 Å². The third kappa shape index (κ3) is 0.808. The van der Waals surface area contributed by atoms with Crippen molar-refractivity contribution in [3.63, 3.8) is 0 Å². The Morgan fingerprint density at radius 1 is 1.42 bits per heavy atom. The molecule has 3 aliphatic rings. The minimum absolute atomic E-state index is 0.729. The number of rotatable bonds is 0. The summed E-state index contributed by atoms with van der Waals surface area (Å²) in [5.41, 5.74) is 1.45. The molecule has 1 N–H and O–H groups in total. The predicted octanol–water partition coefficient (Wildman–Crippen LogP) is 1.41. The smallest absolute Gasteiger partial charge is 0.0995 e. The van der Waals surface area contributed by atoms with Gasteiger partial charge < -0.3 is 10.1 Å². The van der Waals surface area contributed by atoms with Gasteiger partial charge in [0.05, 0.1) is 12.4 Å². The van der Waals surface area contributed by atoms with E-state index in [1.54, 1.807) is 0 Å². The average molecular weight is 163 g/mol. The number of allylic oxidation sites excluding steroid dienone is 2. The zero-order valence-corrected chi connectivity index (χ0v) is 7.05. The average Bonchev–Trinajstić information content (AvgIpc) is 2.64. The van der Waals surface area contributed by atoms with Crippen molar-refractivity contribution in [2.75, 3.05) is 13.2 Å². The lowest BCUT2D eigenvalue weighted by Gasteiger charge is -2.22. The Labute approximate surface area is 72.3 Å². The number of nitrogens with one attached hydrogen (secondary N) is 1. The second-order valence-corrected chi connectivity index (χ2v) is 3.87. The highest BCUT2D eigenvalue weighted by molar-refractivity contribution is 5.32. The fourth-order valence-corrected chi connectivity index (χ4v) is 2.41. The van der Waals surface area contributed by atoms with E-state index in [1.165, 1.54) is 24.2 Å². The molecular weight excluding hydrogens is 150 g/mol. The van der Waals surface area contributed by atoms with Crippen molar-refractivity contribution >= 4 is 0 Å². The monoisotopic (exact) mass is 163 g/mol. The molecule has 0 amide bonds. The Hall–Kier alpha value is -0.920. The quantitative estimate of drug-likeness (QED) is 0.583. The zero-order chi connectivity index (χ0) is 7.97. The number of hydrogen-bond donors (Lipinski definition) is 1. The molecule has 0 aromatic heterocycles. The summed E-state index contributed by atoms with van der Waals surface area (Å²) in [7, 11) is 0. The number of ether oxygens (including phenoxy) is 1. The predicted molar refractivity (Wildman–Crippen MR) is 46.3 cm³/mol. The lowest BCUT2D eigenvalue weighted by Crippen LogP contribution is -2.17. The van der Waals surface area contributed by atoms with Gasteiger partial charge in [0.2, 0.25) is 0 Å². The molecule has 64 valence electrons. The molecule has 0 saturated carbocycles. The van der Waals surface area contributed by atoms with Crippen LogP contribution in [0, 0.1) is 11.8 Å². The molecule has 0 radical (unpaired) electrons. The fourth-order valence-electron chi connectivity index (χ4n) is 2.41. The first kappa shape index (κ1) is 6.58. The Morgan fingerprint density at radius 3 is 3.42 bits per heavy atom. The molecule has 1 saturated heterocycles. The van der Waals surface area contributed by atoms with Crippen LogP contribution >= 0.6 is 0 Å². The molecule has 12 heavy (non-hydrogen) atoms. The van der Waals surface area contributed by atoms with Gasteiger partial charge in [-0.15, -0.1) is 0 Å². The lowest BCUT2D eigenvalue weighted by atomic mass is 9.83. The molecular formula is C10H13NO. The maximum atomic E-state index is 5.56. The van der Waals surface area contributed by atoms with Crippen molar-refractivity contribution in [1.82, 2.24) is 5.32 Å². The Morgan fingerprint density at radius 2 is 2.42 bits per heavy atom. The minimum atomic E-state index is 0.729. The van der Waals surface area contributed by atoms with Crippen LogP contribution in [0.3, 0.4) is 0 Å². The fraction of sp³-hybridized carbons (Fsp3) is 0.600. The van der Waals surface area contributed by atoms with E-state index in [0.29, 0.717) is 0 Å². The Kier molecular flexibility index (Phi) is 1.25. The van der Waals surface area contributed by atoms with Crippen molar-refractivity contribution in [2.24, 2.45) is 11.8 Å². The zero-order valence-electron chi connectivity index (χ0n) is 7.05. The second-order valence-electron chi connectivity index (χ2n) is 3.87. The third-order valence-corrected chi connectivity index (χ3v) is 3.12. The van der Waals surface area contributed by atoms with Crippen LogP contribution in [-0.2, 0) is 4.74 Å². The van der Waals surface area contributed by atoms with Crippen LogP contribution < -0.4 is 5.32 Å². The Balaban J connectivity index is 1.96. The van der Waals surface area contributed by atoms with E-state index in [2.05, 4.69) is 17.6 Å². The van der Waals surface area contributed by atoms with Gasteiger partial charge in [-0.3, -0.25) is 0 Å². The van der Waals surface area contributed by atoms with Gasteiger partial charge in [0.15, 0.2) is 0 Å². The topological polar surface area (TPSA) is 21.3 Å². The molecule has 0 aromatic carbocycles. The van der Waals surface area contributed by atoms with Crippen LogP contribution in [0.4, 0.5) is 0 Å². The summed E-state index contributed by atoms with van der Waals surface area (Å²) in [4.78, 5) is 0. The van der Waals surface area contributed by atoms with Crippen LogP contribution in [0.15, 0.2) is 23.6 Å². The van der Waals surface area contributed by atoms with Crippen molar-refractivity contribution < 1.29 is 4.74 Å². The van der Waals surface area contributed by atoms with Gasteiger partial charge in [-0.2, -0.15) is 0 Å². The van der Waals surface area contributed by atoms with Crippen LogP contribution in [0.2, 0.25) is 0 Å². The van der Waals surface area contributed by atoms with Gasteiger partial charge >= 0.3 is 0 Å². The standard InChI is InChI=1S/C10H13NO/c1-2-12-10-4-9-6-11-5-8(9)3-7(1)10/h4,6-8,11H,1-3,5H2. The van der Waals surface area contributed by atoms with E-state index in [4.69, 9.17) is 4.74 Å². The SMILES string of the molecule is C1=C2C=C3OCCC3CC2CN1. The normalized spacial score (nSPS) is 37.3. The maximum Gasteiger partial charge on any atom is 0.0995 e. The first-order chi connectivity index (χ1) is 5.93. The number of fused-ring (bicyclic) bond motifs is 2.